The number of phenolic OH excluding ortho intramolecular Hbond substituents is 1. The summed E-state index contributed by atoms with van der Waals surface area (Å²) in [6, 6.07) is 3.37. The average Bonchev–Trinajstić information content (AvgIpc) is 3.01. The molecule has 128 valence electrons. The fraction of sp³-hybridized carbons (Fsp3) is 0.167. The first kappa shape index (κ1) is 16.5. The number of aldehydes is 1. The number of anilines is 1. The van der Waals surface area contributed by atoms with Crippen molar-refractivity contribution in [1.82, 2.24) is 9.38 Å². The number of nitrogens with two attached hydrogens (primary N) is 1. The van der Waals surface area contributed by atoms with Crippen molar-refractivity contribution in [2.24, 2.45) is 0 Å². The Morgan fingerprint density at radius 1 is 1.32 bits per heavy atom. The van der Waals surface area contributed by atoms with Crippen molar-refractivity contribution in [2.45, 2.75) is 13.8 Å². The molecule has 3 rings (SSSR count). The van der Waals surface area contributed by atoms with Crippen LogP contribution in [-0.4, -0.2) is 33.9 Å². The topological polar surface area (TPSA) is 107 Å². The van der Waals surface area contributed by atoms with Gasteiger partial charge >= 0.3 is 5.97 Å². The molecule has 3 N–H and O–H groups in total. The second-order valence-corrected chi connectivity index (χ2v) is 5.74. The van der Waals surface area contributed by atoms with Crippen LogP contribution < -0.4 is 5.73 Å². The number of nitrogens with zero attached hydrogens (tertiary/aromatic N) is 2. The summed E-state index contributed by atoms with van der Waals surface area (Å²) >= 11 is 0. The lowest BCUT2D eigenvalue weighted by Crippen LogP contribution is -2.10. The van der Waals surface area contributed by atoms with Gasteiger partial charge in [0.2, 0.25) is 0 Å². The van der Waals surface area contributed by atoms with Crippen molar-refractivity contribution in [2.75, 3.05) is 12.8 Å². The maximum atomic E-state index is 12.3. The number of hydrogen-bond acceptors (Lipinski definition) is 6. The first-order valence-corrected chi connectivity index (χ1v) is 7.53. The van der Waals surface area contributed by atoms with Gasteiger partial charge in [0.15, 0.2) is 11.9 Å². The number of imidazole rings is 1. The summed E-state index contributed by atoms with van der Waals surface area (Å²) in [7, 11) is 1.25. The maximum absolute atomic E-state index is 12.3. The third kappa shape index (κ3) is 2.50. The highest BCUT2D eigenvalue weighted by molar-refractivity contribution is 6.05. The molecule has 0 saturated heterocycles. The zero-order chi connectivity index (χ0) is 18.3. The molecule has 0 aliphatic carbocycles. The fourth-order valence-corrected chi connectivity index (χ4v) is 2.97. The number of pyridine rings is 1. The summed E-state index contributed by atoms with van der Waals surface area (Å²) in [5.74, 6) is -0.526. The van der Waals surface area contributed by atoms with Crippen LogP contribution in [-0.2, 0) is 4.74 Å². The molecule has 0 amide bonds. The van der Waals surface area contributed by atoms with Gasteiger partial charge in [-0.15, -0.1) is 0 Å². The normalized spacial score (nSPS) is 10.8. The predicted molar refractivity (Wildman–Crippen MR) is 92.9 cm³/mol. The van der Waals surface area contributed by atoms with Crippen molar-refractivity contribution >= 4 is 23.6 Å². The van der Waals surface area contributed by atoms with Crippen molar-refractivity contribution in [1.29, 1.82) is 0 Å². The van der Waals surface area contributed by atoms with Gasteiger partial charge in [0, 0.05) is 18.0 Å². The molecule has 0 bridgehead atoms. The van der Waals surface area contributed by atoms with E-state index in [1.807, 2.05) is 6.92 Å². The molecule has 3 aromatic rings. The number of aryl methyl sites for hydroxylation is 1. The van der Waals surface area contributed by atoms with E-state index in [1.165, 1.54) is 13.3 Å². The van der Waals surface area contributed by atoms with E-state index in [4.69, 9.17) is 10.5 Å². The lowest BCUT2D eigenvalue weighted by molar-refractivity contribution is 0.0603. The monoisotopic (exact) mass is 339 g/mol. The number of carbonyl (C=O) groups is 2. The maximum Gasteiger partial charge on any atom is 0.343 e. The summed E-state index contributed by atoms with van der Waals surface area (Å²) in [5.41, 5.74) is 9.73. The van der Waals surface area contributed by atoms with Gasteiger partial charge in [-0.3, -0.25) is 4.79 Å². The van der Waals surface area contributed by atoms with Crippen LogP contribution in [0.1, 0.15) is 32.0 Å². The number of ether oxygens (including phenoxy) is 1. The molecule has 0 atom stereocenters. The molecule has 1 aromatic carbocycles. The molecular weight excluding hydrogens is 322 g/mol. The lowest BCUT2D eigenvalue weighted by atomic mass is 9.93. The van der Waals surface area contributed by atoms with Gasteiger partial charge in [0.25, 0.3) is 0 Å². The minimum atomic E-state index is -0.650. The minimum Gasteiger partial charge on any atom is -0.508 e. The fourth-order valence-electron chi connectivity index (χ4n) is 2.97. The highest BCUT2D eigenvalue weighted by Gasteiger charge is 2.23. The van der Waals surface area contributed by atoms with E-state index in [9.17, 15) is 14.7 Å². The highest BCUT2D eigenvalue weighted by Crippen LogP contribution is 2.38. The summed E-state index contributed by atoms with van der Waals surface area (Å²) in [6.07, 6.45) is 3.78. The van der Waals surface area contributed by atoms with Crippen molar-refractivity contribution in [3.63, 3.8) is 0 Å². The van der Waals surface area contributed by atoms with E-state index in [0.29, 0.717) is 23.0 Å². The number of carbonyl (C=O) groups excluding carboxylic acids is 2. The molecular formula is C18H17N3O4. The second kappa shape index (κ2) is 5.94. The number of aromatic nitrogens is 2. The molecule has 7 heteroatoms. The van der Waals surface area contributed by atoms with Crippen LogP contribution in [0.2, 0.25) is 0 Å². The summed E-state index contributed by atoms with van der Waals surface area (Å²) < 4.78 is 6.39. The molecule has 0 aliphatic heterocycles. The summed E-state index contributed by atoms with van der Waals surface area (Å²) in [5, 5.41) is 10.1. The number of methoxy groups -OCH3 is 1. The zero-order valence-electron chi connectivity index (χ0n) is 14.0. The number of benzene rings is 1. The first-order valence-electron chi connectivity index (χ1n) is 7.53. The standard InChI is InChI=1S/C18H17N3O4/c1-9-4-5-13(23)10(2)14(9)12-7-21-6-11(8-22)20-17(21)15(16(12)19)18(24)25-3/h4-8,23H,19H2,1-3H3. The molecule has 0 spiro atoms. The Kier molecular flexibility index (Phi) is 3.92. The van der Waals surface area contributed by atoms with Gasteiger partial charge in [0.05, 0.1) is 12.8 Å². The Balaban J connectivity index is 2.45. The van der Waals surface area contributed by atoms with Crippen LogP contribution >= 0.6 is 0 Å². The molecule has 0 aliphatic rings. The third-order valence-electron chi connectivity index (χ3n) is 4.23. The quantitative estimate of drug-likeness (QED) is 0.561. The summed E-state index contributed by atoms with van der Waals surface area (Å²) in [6.45, 7) is 3.65. The molecule has 0 radical (unpaired) electrons. The summed E-state index contributed by atoms with van der Waals surface area (Å²) in [4.78, 5) is 27.5. The van der Waals surface area contributed by atoms with Crippen molar-refractivity contribution in [3.05, 3.63) is 46.9 Å². The number of nitrogen functional groups attached to an aromatic ring is 1. The molecule has 2 heterocycles. The molecule has 2 aromatic heterocycles. The van der Waals surface area contributed by atoms with Crippen LogP contribution in [0, 0.1) is 13.8 Å². The van der Waals surface area contributed by atoms with Gasteiger partial charge in [-0.1, -0.05) is 6.07 Å². The van der Waals surface area contributed by atoms with E-state index >= 15 is 0 Å². The first-order chi connectivity index (χ1) is 11.9. The molecule has 0 saturated carbocycles. The van der Waals surface area contributed by atoms with Crippen LogP contribution in [0.15, 0.2) is 24.5 Å². The molecule has 7 nitrogen and oxygen atoms in total. The van der Waals surface area contributed by atoms with Gasteiger partial charge in [-0.05, 0) is 36.6 Å². The Morgan fingerprint density at radius 3 is 2.68 bits per heavy atom. The largest absolute Gasteiger partial charge is 0.508 e. The minimum absolute atomic E-state index is 0.0789. The third-order valence-corrected chi connectivity index (χ3v) is 4.23. The number of fused-ring (bicyclic) bond motifs is 1. The van der Waals surface area contributed by atoms with Gasteiger partial charge in [-0.2, -0.15) is 0 Å². The van der Waals surface area contributed by atoms with Gasteiger partial charge in [-0.25, -0.2) is 9.78 Å². The van der Waals surface area contributed by atoms with E-state index in [0.717, 1.165) is 5.56 Å². The number of aromatic hydroxyl groups is 1. The van der Waals surface area contributed by atoms with Crippen LogP contribution in [0.25, 0.3) is 16.8 Å². The van der Waals surface area contributed by atoms with Crippen LogP contribution in [0.3, 0.4) is 0 Å². The Morgan fingerprint density at radius 2 is 2.04 bits per heavy atom. The molecule has 0 fully saturated rings. The SMILES string of the molecule is COC(=O)c1c(N)c(-c2c(C)ccc(O)c2C)cn2cc(C=O)nc12. The average molecular weight is 339 g/mol. The van der Waals surface area contributed by atoms with Crippen LogP contribution in [0.5, 0.6) is 5.75 Å². The number of rotatable bonds is 3. The second-order valence-electron chi connectivity index (χ2n) is 5.74. The number of esters is 1. The van der Waals surface area contributed by atoms with Gasteiger partial charge in [0.1, 0.15) is 17.0 Å². The zero-order valence-corrected chi connectivity index (χ0v) is 14.0. The van der Waals surface area contributed by atoms with E-state index in [2.05, 4.69) is 4.98 Å². The molecule has 25 heavy (non-hydrogen) atoms. The van der Waals surface area contributed by atoms with E-state index in [1.54, 1.807) is 29.7 Å². The molecule has 0 unspecified atom stereocenters. The predicted octanol–water partition coefficient (Wildman–Crippen LogP) is 2.51. The smallest absolute Gasteiger partial charge is 0.343 e. The Labute approximate surface area is 143 Å². The van der Waals surface area contributed by atoms with Crippen LogP contribution in [0.4, 0.5) is 5.69 Å². The Bertz CT molecular complexity index is 1020. The van der Waals surface area contributed by atoms with E-state index < -0.39 is 5.97 Å². The van der Waals surface area contributed by atoms with E-state index in [-0.39, 0.29) is 28.3 Å². The number of hydrogen-bond donors (Lipinski definition) is 2. The van der Waals surface area contributed by atoms with Crippen molar-refractivity contribution in [3.8, 4) is 16.9 Å². The lowest BCUT2D eigenvalue weighted by Gasteiger charge is -2.16. The number of phenols is 1. The Hall–Kier alpha value is -3.35. The van der Waals surface area contributed by atoms with Crippen molar-refractivity contribution < 1.29 is 19.4 Å². The van der Waals surface area contributed by atoms with Gasteiger partial charge < -0.3 is 20.0 Å². The highest BCUT2D eigenvalue weighted by atomic mass is 16.5.